The van der Waals surface area contributed by atoms with Crippen LogP contribution in [0.25, 0.3) is 94.7 Å². The molecule has 5 heteroatoms. The molecule has 236 valence electrons. The van der Waals surface area contributed by atoms with E-state index in [0.717, 1.165) is 84.5 Å². The molecule has 0 fully saturated rings. The van der Waals surface area contributed by atoms with Crippen LogP contribution in [0.4, 0.5) is 0 Å². The van der Waals surface area contributed by atoms with Crippen molar-refractivity contribution < 1.29 is 8.83 Å². The maximum Gasteiger partial charge on any atom is 0.164 e. The predicted octanol–water partition coefficient (Wildman–Crippen LogP) is 12.1. The molecule has 5 nitrogen and oxygen atoms in total. The molecule has 0 saturated heterocycles. The smallest absolute Gasteiger partial charge is 0.164 e. The fourth-order valence-electron chi connectivity index (χ4n) is 7.21. The van der Waals surface area contributed by atoms with Crippen LogP contribution in [-0.4, -0.2) is 15.0 Å². The minimum Gasteiger partial charge on any atom is -0.456 e. The van der Waals surface area contributed by atoms with Gasteiger partial charge in [-0.2, -0.15) is 0 Å². The van der Waals surface area contributed by atoms with Gasteiger partial charge in [-0.25, -0.2) is 15.0 Å². The second-order valence-corrected chi connectivity index (χ2v) is 12.7. The average molecular weight is 644 g/mol. The molecule has 3 heterocycles. The maximum atomic E-state index is 6.50. The van der Waals surface area contributed by atoms with Gasteiger partial charge in [0.25, 0.3) is 0 Å². The summed E-state index contributed by atoms with van der Waals surface area (Å²) in [5.74, 6) is 1.75. The minimum atomic E-state index is 0.573. The number of rotatable bonds is 5. The van der Waals surface area contributed by atoms with Crippen LogP contribution < -0.4 is 0 Å². The standard InChI is InChI=1S/C45H29N3O2/c1-3-11-28(12-4-1)29-21-23-30(24-22-29)33-16-9-19-38-41(33)42-36(17-10-20-39(42)50-38)45-47-43(31-13-5-2-6-14-31)46-44(48-45)32-25-26-35-34-15-7-8-18-37(34)49-40(35)27-32/h1-3,5-11,13-27H,4,12H2. The minimum absolute atomic E-state index is 0.573. The van der Waals surface area contributed by atoms with E-state index in [-0.39, 0.29) is 0 Å². The number of hydrogen-bond donors (Lipinski definition) is 0. The SMILES string of the molecule is C1=CCCC(c2ccc(-c3cccc4oc5cccc(-c6nc(-c7ccccc7)nc(-c7ccc8c(c7)oc7ccccc78)n6)c5c34)cc2)=C1. The van der Waals surface area contributed by atoms with Crippen molar-refractivity contribution in [2.24, 2.45) is 0 Å². The third-order valence-electron chi connectivity index (χ3n) is 9.65. The summed E-state index contributed by atoms with van der Waals surface area (Å²) in [5, 5.41) is 4.16. The van der Waals surface area contributed by atoms with E-state index in [2.05, 4.69) is 78.9 Å². The van der Waals surface area contributed by atoms with Crippen molar-refractivity contribution >= 4 is 49.5 Å². The van der Waals surface area contributed by atoms with E-state index >= 15 is 0 Å². The van der Waals surface area contributed by atoms with E-state index < -0.39 is 0 Å². The molecule has 0 atom stereocenters. The molecule has 0 radical (unpaired) electrons. The largest absolute Gasteiger partial charge is 0.456 e. The molecule has 1 aliphatic rings. The Morgan fingerprint density at radius 3 is 1.86 bits per heavy atom. The zero-order valence-electron chi connectivity index (χ0n) is 27.0. The quantitative estimate of drug-likeness (QED) is 0.187. The van der Waals surface area contributed by atoms with Gasteiger partial charge in [0.15, 0.2) is 17.5 Å². The van der Waals surface area contributed by atoms with Crippen LogP contribution in [0.15, 0.2) is 161 Å². The monoisotopic (exact) mass is 643 g/mol. The van der Waals surface area contributed by atoms with Crippen LogP contribution in [0.5, 0.6) is 0 Å². The topological polar surface area (TPSA) is 65.0 Å². The molecule has 0 bridgehead atoms. The van der Waals surface area contributed by atoms with Crippen molar-refractivity contribution in [1.29, 1.82) is 0 Å². The van der Waals surface area contributed by atoms with Crippen LogP contribution in [0.3, 0.4) is 0 Å². The summed E-state index contributed by atoms with van der Waals surface area (Å²) in [6, 6.07) is 45.6. The first kappa shape index (κ1) is 28.4. The second-order valence-electron chi connectivity index (χ2n) is 12.7. The Morgan fingerprint density at radius 2 is 1.06 bits per heavy atom. The number of para-hydroxylation sites is 1. The summed E-state index contributed by atoms with van der Waals surface area (Å²) in [7, 11) is 0. The molecule has 1 aliphatic carbocycles. The normalized spacial score (nSPS) is 13.1. The van der Waals surface area contributed by atoms with E-state index in [9.17, 15) is 0 Å². The van der Waals surface area contributed by atoms with Crippen molar-refractivity contribution in [2.45, 2.75) is 12.8 Å². The van der Waals surface area contributed by atoms with Gasteiger partial charge in [0.1, 0.15) is 22.3 Å². The van der Waals surface area contributed by atoms with Crippen LogP contribution >= 0.6 is 0 Å². The molecular formula is C45H29N3O2. The number of hydrogen-bond acceptors (Lipinski definition) is 5. The Labute approximate surface area is 287 Å². The van der Waals surface area contributed by atoms with Crippen molar-refractivity contribution in [2.75, 3.05) is 0 Å². The van der Waals surface area contributed by atoms with Crippen LogP contribution in [0.2, 0.25) is 0 Å². The average Bonchev–Trinajstić information content (AvgIpc) is 3.77. The summed E-state index contributed by atoms with van der Waals surface area (Å²) in [6.45, 7) is 0. The fourth-order valence-corrected chi connectivity index (χ4v) is 7.21. The highest BCUT2D eigenvalue weighted by Gasteiger charge is 2.20. The van der Waals surface area contributed by atoms with Gasteiger partial charge in [-0.05, 0) is 65.4 Å². The number of benzene rings is 6. The van der Waals surface area contributed by atoms with Gasteiger partial charge in [-0.3, -0.25) is 0 Å². The number of furan rings is 2. The van der Waals surface area contributed by atoms with Gasteiger partial charge in [0.2, 0.25) is 0 Å². The van der Waals surface area contributed by atoms with Crippen molar-refractivity contribution in [3.8, 4) is 45.3 Å². The van der Waals surface area contributed by atoms with Crippen molar-refractivity contribution in [1.82, 2.24) is 15.0 Å². The zero-order chi connectivity index (χ0) is 33.0. The zero-order valence-corrected chi connectivity index (χ0v) is 27.0. The lowest BCUT2D eigenvalue weighted by Crippen LogP contribution is -2.00. The third kappa shape index (κ3) is 4.74. The molecule has 6 aromatic carbocycles. The van der Waals surface area contributed by atoms with Crippen LogP contribution in [0.1, 0.15) is 18.4 Å². The molecule has 50 heavy (non-hydrogen) atoms. The van der Waals surface area contributed by atoms with Gasteiger partial charge in [-0.1, -0.05) is 121 Å². The van der Waals surface area contributed by atoms with Crippen molar-refractivity contribution in [3.63, 3.8) is 0 Å². The number of fused-ring (bicyclic) bond motifs is 6. The molecule has 9 aromatic rings. The van der Waals surface area contributed by atoms with Gasteiger partial charge < -0.3 is 8.83 Å². The van der Waals surface area contributed by atoms with Gasteiger partial charge in [-0.15, -0.1) is 0 Å². The first-order valence-corrected chi connectivity index (χ1v) is 16.9. The summed E-state index contributed by atoms with van der Waals surface area (Å²) >= 11 is 0. The van der Waals surface area contributed by atoms with E-state index in [1.807, 2.05) is 72.8 Å². The fraction of sp³-hybridized carbons (Fsp3) is 0.0444. The van der Waals surface area contributed by atoms with Gasteiger partial charge in [0.05, 0.1) is 0 Å². The maximum absolute atomic E-state index is 6.50. The lowest BCUT2D eigenvalue weighted by molar-refractivity contribution is 0.668. The molecule has 0 saturated carbocycles. The van der Waals surface area contributed by atoms with E-state index in [4.69, 9.17) is 23.8 Å². The molecule has 0 amide bonds. The molecule has 0 unspecified atom stereocenters. The molecule has 3 aromatic heterocycles. The third-order valence-corrected chi connectivity index (χ3v) is 9.65. The molecule has 10 rings (SSSR count). The summed E-state index contributed by atoms with van der Waals surface area (Å²) in [4.78, 5) is 15.3. The molecule has 0 N–H and O–H groups in total. The first-order valence-electron chi connectivity index (χ1n) is 16.9. The molecular weight excluding hydrogens is 615 g/mol. The lowest BCUT2D eigenvalue weighted by Gasteiger charge is -2.11. The van der Waals surface area contributed by atoms with Crippen LogP contribution in [0, 0.1) is 0 Å². The predicted molar refractivity (Wildman–Crippen MR) is 202 cm³/mol. The van der Waals surface area contributed by atoms with Gasteiger partial charge >= 0.3 is 0 Å². The Morgan fingerprint density at radius 1 is 0.440 bits per heavy atom. The second kappa shape index (κ2) is 11.5. The molecule has 0 aliphatic heterocycles. The summed E-state index contributed by atoms with van der Waals surface area (Å²) in [6.07, 6.45) is 8.73. The summed E-state index contributed by atoms with van der Waals surface area (Å²) < 4.78 is 12.7. The van der Waals surface area contributed by atoms with Gasteiger partial charge in [0, 0.05) is 38.2 Å². The summed E-state index contributed by atoms with van der Waals surface area (Å²) in [5.41, 5.74) is 10.8. The van der Waals surface area contributed by atoms with E-state index in [1.165, 1.54) is 11.1 Å². The Bertz CT molecular complexity index is 2810. The highest BCUT2D eigenvalue weighted by atomic mass is 16.3. The van der Waals surface area contributed by atoms with E-state index in [0.29, 0.717) is 17.5 Å². The number of allylic oxidation sites excluding steroid dienone is 4. The highest BCUT2D eigenvalue weighted by molar-refractivity contribution is 6.17. The lowest BCUT2D eigenvalue weighted by atomic mass is 9.93. The Hall–Kier alpha value is -6.59. The highest BCUT2D eigenvalue weighted by Crippen LogP contribution is 2.42. The van der Waals surface area contributed by atoms with E-state index in [1.54, 1.807) is 0 Å². The molecule has 0 spiro atoms. The first-order chi connectivity index (χ1) is 24.8. The Balaban J connectivity index is 1.17. The van der Waals surface area contributed by atoms with Crippen molar-refractivity contribution in [3.05, 3.63) is 157 Å². The Kier molecular flexibility index (Phi) is 6.56. The van der Waals surface area contributed by atoms with Crippen LogP contribution in [-0.2, 0) is 0 Å². The number of aromatic nitrogens is 3. The number of nitrogens with zero attached hydrogens (tertiary/aromatic N) is 3.